The van der Waals surface area contributed by atoms with Crippen molar-refractivity contribution in [1.29, 1.82) is 0 Å². The van der Waals surface area contributed by atoms with Gasteiger partial charge in [-0.15, -0.1) is 0 Å². The number of carbonyl (C=O) groups excluding carboxylic acids is 1. The molecule has 0 saturated heterocycles. The van der Waals surface area contributed by atoms with Crippen molar-refractivity contribution in [2.75, 3.05) is 26.8 Å². The minimum Gasteiger partial charge on any atom is -0.383 e. The van der Waals surface area contributed by atoms with Crippen LogP contribution in [0.1, 0.15) is 46.0 Å². The third-order valence-corrected chi connectivity index (χ3v) is 2.67. The minimum absolute atomic E-state index is 0.0732. The average molecular weight is 244 g/mol. The van der Waals surface area contributed by atoms with E-state index in [1.807, 2.05) is 0 Å². The van der Waals surface area contributed by atoms with Gasteiger partial charge in [-0.3, -0.25) is 4.79 Å². The first-order valence-electron chi connectivity index (χ1n) is 6.69. The summed E-state index contributed by atoms with van der Waals surface area (Å²) in [6, 6.07) is 0.281. The number of methoxy groups -OCH3 is 1. The van der Waals surface area contributed by atoms with E-state index in [0.29, 0.717) is 13.2 Å². The summed E-state index contributed by atoms with van der Waals surface area (Å²) in [6.45, 7) is 6.01. The van der Waals surface area contributed by atoms with Crippen LogP contribution >= 0.6 is 0 Å². The predicted molar refractivity (Wildman–Crippen MR) is 71.1 cm³/mol. The van der Waals surface area contributed by atoms with Crippen molar-refractivity contribution in [2.45, 2.75) is 52.0 Å². The van der Waals surface area contributed by atoms with E-state index in [1.165, 1.54) is 25.7 Å². The van der Waals surface area contributed by atoms with Crippen LogP contribution in [0.5, 0.6) is 0 Å². The van der Waals surface area contributed by atoms with E-state index in [0.717, 1.165) is 13.0 Å². The number of carbonyl (C=O) groups is 1. The number of ether oxygens (including phenoxy) is 1. The molecule has 0 aliphatic carbocycles. The van der Waals surface area contributed by atoms with E-state index in [9.17, 15) is 4.79 Å². The molecule has 0 bridgehead atoms. The summed E-state index contributed by atoms with van der Waals surface area (Å²) < 4.78 is 4.89. The summed E-state index contributed by atoms with van der Waals surface area (Å²) in [5.74, 6) is 0.0732. The van der Waals surface area contributed by atoms with Crippen molar-refractivity contribution < 1.29 is 9.53 Å². The van der Waals surface area contributed by atoms with Gasteiger partial charge in [-0.05, 0) is 13.3 Å². The van der Waals surface area contributed by atoms with Crippen LogP contribution in [-0.2, 0) is 9.53 Å². The molecule has 0 aromatic heterocycles. The Hall–Kier alpha value is -0.610. The van der Waals surface area contributed by atoms with E-state index in [1.54, 1.807) is 7.11 Å². The monoisotopic (exact) mass is 244 g/mol. The Morgan fingerprint density at radius 1 is 1.29 bits per heavy atom. The van der Waals surface area contributed by atoms with E-state index in [2.05, 4.69) is 24.5 Å². The van der Waals surface area contributed by atoms with Crippen LogP contribution in [-0.4, -0.2) is 38.8 Å². The third-order valence-electron chi connectivity index (χ3n) is 2.67. The second-order valence-corrected chi connectivity index (χ2v) is 4.49. The molecule has 0 saturated carbocycles. The molecule has 0 aliphatic heterocycles. The fourth-order valence-electron chi connectivity index (χ4n) is 1.65. The molecule has 17 heavy (non-hydrogen) atoms. The van der Waals surface area contributed by atoms with Crippen LogP contribution in [0.2, 0.25) is 0 Å². The minimum atomic E-state index is 0.0732. The highest BCUT2D eigenvalue weighted by molar-refractivity contribution is 5.78. The first-order valence-corrected chi connectivity index (χ1v) is 6.69. The summed E-state index contributed by atoms with van der Waals surface area (Å²) in [6.07, 6.45) is 6.09. The Balaban J connectivity index is 3.38. The quantitative estimate of drug-likeness (QED) is 0.544. The van der Waals surface area contributed by atoms with Gasteiger partial charge >= 0.3 is 0 Å². The Morgan fingerprint density at radius 2 is 2.06 bits per heavy atom. The van der Waals surface area contributed by atoms with Gasteiger partial charge in [0, 0.05) is 19.7 Å². The average Bonchev–Trinajstić information content (AvgIpc) is 2.30. The van der Waals surface area contributed by atoms with Gasteiger partial charge in [0.2, 0.25) is 5.91 Å². The molecule has 0 radical (unpaired) electrons. The van der Waals surface area contributed by atoms with Crippen molar-refractivity contribution in [2.24, 2.45) is 0 Å². The highest BCUT2D eigenvalue weighted by Gasteiger charge is 2.06. The van der Waals surface area contributed by atoms with Gasteiger partial charge in [0.1, 0.15) is 0 Å². The van der Waals surface area contributed by atoms with Crippen LogP contribution in [0.3, 0.4) is 0 Å². The van der Waals surface area contributed by atoms with E-state index >= 15 is 0 Å². The topological polar surface area (TPSA) is 50.4 Å². The molecule has 0 spiro atoms. The van der Waals surface area contributed by atoms with Gasteiger partial charge < -0.3 is 15.4 Å². The van der Waals surface area contributed by atoms with Gasteiger partial charge in [-0.1, -0.05) is 32.6 Å². The van der Waals surface area contributed by atoms with Crippen molar-refractivity contribution in [3.8, 4) is 0 Å². The molecular weight excluding hydrogens is 216 g/mol. The number of hydrogen-bond acceptors (Lipinski definition) is 3. The number of nitrogens with one attached hydrogen (secondary N) is 2. The first kappa shape index (κ1) is 16.4. The summed E-state index contributed by atoms with van der Waals surface area (Å²) in [5, 5.41) is 6.02. The SMILES string of the molecule is CCCCCCC(C)NC(=O)CNCCOC. The second-order valence-electron chi connectivity index (χ2n) is 4.49. The lowest BCUT2D eigenvalue weighted by Crippen LogP contribution is -2.39. The zero-order chi connectivity index (χ0) is 12.9. The highest BCUT2D eigenvalue weighted by atomic mass is 16.5. The fraction of sp³-hybridized carbons (Fsp3) is 0.923. The number of unbranched alkanes of at least 4 members (excludes halogenated alkanes) is 3. The normalized spacial score (nSPS) is 12.4. The van der Waals surface area contributed by atoms with Gasteiger partial charge in [-0.25, -0.2) is 0 Å². The van der Waals surface area contributed by atoms with E-state index in [-0.39, 0.29) is 11.9 Å². The van der Waals surface area contributed by atoms with Crippen molar-refractivity contribution in [3.05, 3.63) is 0 Å². The standard InChI is InChI=1S/C13H28N2O2/c1-4-5-6-7-8-12(2)15-13(16)11-14-9-10-17-3/h12,14H,4-11H2,1-3H3,(H,15,16). The van der Waals surface area contributed by atoms with E-state index in [4.69, 9.17) is 4.74 Å². The van der Waals surface area contributed by atoms with Gasteiger partial charge in [0.15, 0.2) is 0 Å². The largest absolute Gasteiger partial charge is 0.383 e. The maximum absolute atomic E-state index is 11.5. The van der Waals surface area contributed by atoms with E-state index < -0.39 is 0 Å². The number of amides is 1. The second kappa shape index (κ2) is 11.9. The molecule has 2 N–H and O–H groups in total. The molecule has 0 aliphatic rings. The fourth-order valence-corrected chi connectivity index (χ4v) is 1.65. The summed E-state index contributed by atoms with van der Waals surface area (Å²) in [4.78, 5) is 11.5. The molecule has 0 fully saturated rings. The van der Waals surface area contributed by atoms with Crippen LogP contribution in [0.4, 0.5) is 0 Å². The Morgan fingerprint density at radius 3 is 2.71 bits per heavy atom. The maximum Gasteiger partial charge on any atom is 0.234 e. The molecule has 1 unspecified atom stereocenters. The Kier molecular flexibility index (Phi) is 11.4. The molecule has 1 atom stereocenters. The van der Waals surface area contributed by atoms with Crippen LogP contribution in [0.15, 0.2) is 0 Å². The molecule has 1 amide bonds. The predicted octanol–water partition coefficient (Wildman–Crippen LogP) is 1.70. The smallest absolute Gasteiger partial charge is 0.234 e. The molecular formula is C13H28N2O2. The Labute approximate surface area is 105 Å². The lowest BCUT2D eigenvalue weighted by atomic mass is 10.1. The molecule has 0 aromatic carbocycles. The lowest BCUT2D eigenvalue weighted by molar-refractivity contribution is -0.120. The van der Waals surface area contributed by atoms with Gasteiger partial charge in [0.25, 0.3) is 0 Å². The Bertz CT molecular complexity index is 186. The number of hydrogen-bond donors (Lipinski definition) is 2. The molecule has 102 valence electrons. The maximum atomic E-state index is 11.5. The first-order chi connectivity index (χ1) is 8.20. The van der Waals surface area contributed by atoms with Crippen LogP contribution in [0.25, 0.3) is 0 Å². The van der Waals surface area contributed by atoms with Crippen LogP contribution in [0, 0.1) is 0 Å². The lowest BCUT2D eigenvalue weighted by Gasteiger charge is -2.14. The summed E-state index contributed by atoms with van der Waals surface area (Å²) >= 11 is 0. The van der Waals surface area contributed by atoms with Crippen LogP contribution < -0.4 is 10.6 Å². The molecule has 0 aromatic rings. The third kappa shape index (κ3) is 11.6. The molecule has 0 heterocycles. The summed E-state index contributed by atoms with van der Waals surface area (Å²) in [5.41, 5.74) is 0. The molecule has 0 rings (SSSR count). The van der Waals surface area contributed by atoms with Gasteiger partial charge in [-0.2, -0.15) is 0 Å². The zero-order valence-corrected chi connectivity index (χ0v) is 11.6. The highest BCUT2D eigenvalue weighted by Crippen LogP contribution is 2.04. The molecule has 4 heteroatoms. The van der Waals surface area contributed by atoms with Crippen molar-refractivity contribution >= 4 is 5.91 Å². The van der Waals surface area contributed by atoms with Crippen molar-refractivity contribution in [3.63, 3.8) is 0 Å². The van der Waals surface area contributed by atoms with Gasteiger partial charge in [0.05, 0.1) is 13.2 Å². The molecule has 4 nitrogen and oxygen atoms in total. The number of rotatable bonds is 11. The van der Waals surface area contributed by atoms with Crippen molar-refractivity contribution in [1.82, 2.24) is 10.6 Å². The summed E-state index contributed by atoms with van der Waals surface area (Å²) in [7, 11) is 1.65. The zero-order valence-electron chi connectivity index (χ0n) is 11.6.